The average molecular weight is 995 g/mol. The molecule has 2 aliphatic carbocycles. The smallest absolute Gasteiger partial charge is 1.00 e. The van der Waals surface area contributed by atoms with E-state index in [1.54, 1.807) is 31.3 Å². The summed E-state index contributed by atoms with van der Waals surface area (Å²) in [4.78, 5) is 0. The Balaban J connectivity index is 0.00000340. The van der Waals surface area contributed by atoms with Crippen molar-refractivity contribution in [1.29, 1.82) is 0 Å². The van der Waals surface area contributed by atoms with Crippen molar-refractivity contribution in [3.8, 4) is 33.4 Å². The Bertz CT molecular complexity index is 2710. The van der Waals surface area contributed by atoms with Gasteiger partial charge in [0.05, 0.1) is 0 Å². The molecule has 0 nitrogen and oxygen atoms in total. The zero-order valence-electron chi connectivity index (χ0n) is 40.4. The van der Waals surface area contributed by atoms with Crippen LogP contribution in [-0.4, -0.2) is 19.4 Å². The molecule has 0 heterocycles. The number of hydrogen-bond acceptors (Lipinski definition) is 0. The molecule has 2 aliphatic rings. The summed E-state index contributed by atoms with van der Waals surface area (Å²) in [5.41, 5.74) is 17.7. The minimum Gasteiger partial charge on any atom is -1.00 e. The molecule has 6 aromatic carbocycles. The summed E-state index contributed by atoms with van der Waals surface area (Å²) in [5.74, 6) is 0. The predicted molar refractivity (Wildman–Crippen MR) is 276 cm³/mol. The minimum atomic E-state index is -2.99. The van der Waals surface area contributed by atoms with Gasteiger partial charge in [-0.15, -0.1) is 0 Å². The Morgan fingerprint density at radius 2 is 1.02 bits per heavy atom. The van der Waals surface area contributed by atoms with Crippen LogP contribution in [0.4, 0.5) is 0 Å². The van der Waals surface area contributed by atoms with Gasteiger partial charge in [-0.05, 0) is 0 Å². The van der Waals surface area contributed by atoms with Gasteiger partial charge in [-0.2, -0.15) is 0 Å². The first-order valence-corrected chi connectivity index (χ1v) is 33.7. The van der Waals surface area contributed by atoms with E-state index in [1.807, 2.05) is 0 Å². The normalized spacial score (nSPS) is 13.3. The zero-order chi connectivity index (χ0) is 44.2. The summed E-state index contributed by atoms with van der Waals surface area (Å²) in [5, 5.41) is 3.13. The topological polar surface area (TPSA) is 0 Å². The Kier molecular flexibility index (Phi) is 15.2. The maximum Gasteiger partial charge on any atom is -1.00 e. The van der Waals surface area contributed by atoms with Crippen LogP contribution in [0, 0.1) is 0 Å². The molecule has 0 radical (unpaired) electrons. The third kappa shape index (κ3) is 10.3. The van der Waals surface area contributed by atoms with Gasteiger partial charge >= 0.3 is 387 Å². The van der Waals surface area contributed by atoms with Crippen molar-refractivity contribution >= 4 is 33.0 Å². The molecule has 64 heavy (non-hydrogen) atoms. The third-order valence-electron chi connectivity index (χ3n) is 13.2. The largest absolute Gasteiger partial charge is 1.00 e. The van der Waals surface area contributed by atoms with Crippen molar-refractivity contribution in [2.45, 2.75) is 117 Å². The summed E-state index contributed by atoms with van der Waals surface area (Å²) >= 11 is -2.99. The summed E-state index contributed by atoms with van der Waals surface area (Å²) in [7, 11) is -3.42. The Morgan fingerprint density at radius 1 is 0.531 bits per heavy atom. The number of allylic oxidation sites excluding steroid dienone is 4. The molecule has 0 bridgehead atoms. The second kappa shape index (κ2) is 19.4. The Morgan fingerprint density at radius 3 is 1.52 bits per heavy atom. The molecule has 0 atom stereocenters. The molecule has 0 saturated carbocycles. The van der Waals surface area contributed by atoms with E-state index in [-0.39, 0.29) is 35.6 Å². The first-order valence-electron chi connectivity index (χ1n) is 23.0. The second-order valence-corrected chi connectivity index (χ2v) is 38.6. The monoisotopic (exact) mass is 992 g/mol. The van der Waals surface area contributed by atoms with E-state index in [1.165, 1.54) is 55.6 Å². The molecular formula is C59H68Cl2Si2Zr. The van der Waals surface area contributed by atoms with Crippen molar-refractivity contribution in [2.75, 3.05) is 0 Å². The molecule has 0 amide bonds. The van der Waals surface area contributed by atoms with Gasteiger partial charge < -0.3 is 24.8 Å². The third-order valence-corrected chi connectivity index (χ3v) is 25.0. The molecule has 0 aromatic heterocycles. The summed E-state index contributed by atoms with van der Waals surface area (Å²) in [6.07, 6.45) is 11.4. The maximum absolute atomic E-state index is 2.99. The summed E-state index contributed by atoms with van der Waals surface area (Å²) < 4.78 is 5.23. The minimum absolute atomic E-state index is 0. The van der Waals surface area contributed by atoms with E-state index in [9.17, 15) is 0 Å². The Labute approximate surface area is 408 Å². The van der Waals surface area contributed by atoms with Crippen molar-refractivity contribution in [1.82, 2.24) is 0 Å². The molecule has 0 spiro atoms. The quantitative estimate of drug-likeness (QED) is 0.122. The van der Waals surface area contributed by atoms with Crippen LogP contribution in [0.15, 0.2) is 149 Å². The van der Waals surface area contributed by atoms with Gasteiger partial charge in [0.2, 0.25) is 0 Å². The standard InChI is InChI=1S/C39H49Si2.C15H14.C5H5.2ClH.Zr/c1-38(2,3)34-24-30-26(22-32(34)28-17-13-15-19-36(28)40(7,8)9)21-27-23-33(35(25-31(27)30)39(4,5)6)29-18-14-16-20-37(29)41(10,11)12;1-3-8-14(9-4-1)12-7-13-15-10-5-2-6-11-15;1-2-4-5-3-1;;;/h13-20,22,24-25H,21H2,1-12H3;1-6,8-11H,12-13H2;1-3H,4H2;2*1H;/q;;;;;+2/p-2. The number of rotatable bonds is 10. The molecule has 330 valence electrons. The van der Waals surface area contributed by atoms with E-state index in [4.69, 9.17) is 0 Å². The van der Waals surface area contributed by atoms with Crippen LogP contribution in [-0.2, 0) is 51.4 Å². The van der Waals surface area contributed by atoms with Crippen LogP contribution in [0.2, 0.25) is 39.3 Å². The van der Waals surface area contributed by atoms with Gasteiger partial charge in [0.1, 0.15) is 0 Å². The number of halogens is 2. The van der Waals surface area contributed by atoms with E-state index >= 15 is 0 Å². The number of fused-ring (bicyclic) bond motifs is 3. The zero-order valence-corrected chi connectivity index (χ0v) is 46.4. The van der Waals surface area contributed by atoms with E-state index in [0.29, 0.717) is 0 Å². The molecule has 0 fully saturated rings. The van der Waals surface area contributed by atoms with Crippen LogP contribution in [0.5, 0.6) is 0 Å². The van der Waals surface area contributed by atoms with Gasteiger partial charge in [0.25, 0.3) is 0 Å². The molecule has 6 aromatic rings. The van der Waals surface area contributed by atoms with Crippen LogP contribution in [0.25, 0.3) is 33.4 Å². The van der Waals surface area contributed by atoms with Crippen LogP contribution >= 0.6 is 0 Å². The summed E-state index contributed by atoms with van der Waals surface area (Å²) in [6.45, 7) is 29.9. The predicted octanol–water partition coefficient (Wildman–Crippen LogP) is 8.03. The van der Waals surface area contributed by atoms with Gasteiger partial charge in [-0.3, -0.25) is 0 Å². The first-order chi connectivity index (χ1) is 29.3. The molecule has 8 rings (SSSR count). The molecule has 0 N–H and O–H groups in total. The van der Waals surface area contributed by atoms with E-state index in [0.717, 1.165) is 25.7 Å². The van der Waals surface area contributed by atoms with Crippen molar-refractivity contribution < 1.29 is 46.1 Å². The number of hydrogen-bond donors (Lipinski definition) is 0. The molecule has 0 unspecified atom stereocenters. The molecule has 5 heteroatoms. The van der Waals surface area contributed by atoms with E-state index in [2.05, 4.69) is 226 Å². The van der Waals surface area contributed by atoms with Gasteiger partial charge in [-0.25, -0.2) is 0 Å². The number of benzene rings is 6. The van der Waals surface area contributed by atoms with Crippen LogP contribution < -0.4 is 38.5 Å². The van der Waals surface area contributed by atoms with Crippen LogP contribution in [0.1, 0.15) is 81.3 Å². The van der Waals surface area contributed by atoms with Gasteiger partial charge in [0.15, 0.2) is 0 Å². The van der Waals surface area contributed by atoms with Crippen LogP contribution in [0.3, 0.4) is 0 Å². The van der Waals surface area contributed by atoms with E-state index < -0.39 is 37.4 Å². The van der Waals surface area contributed by atoms with Crippen molar-refractivity contribution in [3.05, 3.63) is 182 Å². The van der Waals surface area contributed by atoms with Crippen molar-refractivity contribution in [3.63, 3.8) is 0 Å². The fourth-order valence-electron chi connectivity index (χ4n) is 10.2. The Hall–Kier alpha value is -3.43. The molecular weight excluding hydrogens is 927 g/mol. The fourth-order valence-corrected chi connectivity index (χ4v) is 22.1. The van der Waals surface area contributed by atoms with Gasteiger partial charge in [-0.1, -0.05) is 0 Å². The fraction of sp³-hybridized carbons (Fsp3) is 0.305. The van der Waals surface area contributed by atoms with Gasteiger partial charge in [0, 0.05) is 0 Å². The summed E-state index contributed by atoms with van der Waals surface area (Å²) in [6, 6.07) is 49.8. The SMILES string of the molecule is CC(C)(C)c1cc2c(cc1-c1ccccc1[Si](C)(C)C)Cc1c-2cc(C(C)(C)C)c(-c2ccccc2[Si](C)(C)C)[c]1[Zr+2]([C]1=CC=CC1)=[C](Cc1ccccc1)Cc1ccccc1.[Cl-].[Cl-]. The average Bonchev–Trinajstić information content (AvgIpc) is 3.88. The van der Waals surface area contributed by atoms with Crippen molar-refractivity contribution in [2.24, 2.45) is 0 Å². The molecule has 0 aliphatic heterocycles. The maximum atomic E-state index is 2.69. The first kappa shape index (κ1) is 50.0. The second-order valence-electron chi connectivity index (χ2n) is 22.2. The molecule has 0 saturated heterocycles.